The van der Waals surface area contributed by atoms with Gasteiger partial charge in [-0.05, 0) is 44.2 Å². The highest BCUT2D eigenvalue weighted by Crippen LogP contribution is 2.13. The molecular formula is C16H26O4S. The van der Waals surface area contributed by atoms with Crippen molar-refractivity contribution in [3.8, 4) is 0 Å². The molecule has 0 spiro atoms. The first-order valence-corrected chi connectivity index (χ1v) is 8.86. The summed E-state index contributed by atoms with van der Waals surface area (Å²) in [6.45, 7) is 7.85. The fraction of sp³-hybridized carbons (Fsp3) is 0.625. The van der Waals surface area contributed by atoms with Crippen LogP contribution in [0.2, 0.25) is 0 Å². The number of hydrogen-bond donors (Lipinski definition) is 0. The lowest BCUT2D eigenvalue weighted by Gasteiger charge is -2.07. The summed E-state index contributed by atoms with van der Waals surface area (Å²) in [4.78, 5) is 0.210. The average molecular weight is 314 g/mol. The Morgan fingerprint density at radius 2 is 1.62 bits per heavy atom. The van der Waals surface area contributed by atoms with E-state index in [1.807, 2.05) is 6.92 Å². The van der Waals surface area contributed by atoms with E-state index in [0.717, 1.165) is 25.0 Å². The maximum Gasteiger partial charge on any atom is 0.296 e. The molecule has 4 nitrogen and oxygen atoms in total. The van der Waals surface area contributed by atoms with E-state index in [1.54, 1.807) is 24.3 Å². The van der Waals surface area contributed by atoms with Gasteiger partial charge in [-0.1, -0.05) is 31.5 Å². The van der Waals surface area contributed by atoms with E-state index in [1.165, 1.54) is 0 Å². The van der Waals surface area contributed by atoms with Crippen LogP contribution in [0.3, 0.4) is 0 Å². The Morgan fingerprint density at radius 1 is 1.00 bits per heavy atom. The highest BCUT2D eigenvalue weighted by molar-refractivity contribution is 7.86. The highest BCUT2D eigenvalue weighted by atomic mass is 32.2. The predicted molar refractivity (Wildman–Crippen MR) is 83.8 cm³/mol. The van der Waals surface area contributed by atoms with Gasteiger partial charge in [-0.25, -0.2) is 0 Å². The van der Waals surface area contributed by atoms with Gasteiger partial charge in [0.05, 0.1) is 11.5 Å². The van der Waals surface area contributed by atoms with Crippen molar-refractivity contribution in [1.82, 2.24) is 0 Å². The maximum absolute atomic E-state index is 11.9. The highest BCUT2D eigenvalue weighted by Gasteiger charge is 2.14. The van der Waals surface area contributed by atoms with Crippen LogP contribution in [0.25, 0.3) is 0 Å². The SMILES string of the molecule is Cc1ccc(S(=O)(=O)OCCCCOCCC(C)C)cc1. The van der Waals surface area contributed by atoms with Crippen molar-refractivity contribution < 1.29 is 17.3 Å². The largest absolute Gasteiger partial charge is 0.381 e. The number of rotatable bonds is 10. The number of ether oxygens (including phenoxy) is 1. The first-order valence-electron chi connectivity index (χ1n) is 7.45. The van der Waals surface area contributed by atoms with E-state index in [0.29, 0.717) is 18.9 Å². The molecule has 0 aliphatic carbocycles. The minimum atomic E-state index is -3.63. The summed E-state index contributed by atoms with van der Waals surface area (Å²) >= 11 is 0. The van der Waals surface area contributed by atoms with Gasteiger partial charge in [0.2, 0.25) is 0 Å². The molecule has 120 valence electrons. The molecule has 0 radical (unpaired) electrons. The molecule has 0 aliphatic rings. The molecule has 1 rings (SSSR count). The molecule has 0 N–H and O–H groups in total. The van der Waals surface area contributed by atoms with E-state index < -0.39 is 10.1 Å². The second kappa shape index (κ2) is 9.18. The fourth-order valence-electron chi connectivity index (χ4n) is 1.67. The van der Waals surface area contributed by atoms with Gasteiger partial charge in [-0.2, -0.15) is 8.42 Å². The molecule has 21 heavy (non-hydrogen) atoms. The average Bonchev–Trinajstić information content (AvgIpc) is 2.42. The van der Waals surface area contributed by atoms with Gasteiger partial charge in [-0.15, -0.1) is 0 Å². The second-order valence-electron chi connectivity index (χ2n) is 5.59. The van der Waals surface area contributed by atoms with Crippen LogP contribution in [0.1, 0.15) is 38.7 Å². The van der Waals surface area contributed by atoms with Crippen LogP contribution in [0.5, 0.6) is 0 Å². The molecule has 1 aromatic rings. The molecule has 0 amide bonds. The molecule has 0 saturated carbocycles. The maximum atomic E-state index is 11.9. The summed E-state index contributed by atoms with van der Waals surface area (Å²) in [7, 11) is -3.63. The van der Waals surface area contributed by atoms with Gasteiger partial charge in [0.1, 0.15) is 0 Å². The van der Waals surface area contributed by atoms with Crippen molar-refractivity contribution in [3.63, 3.8) is 0 Å². The molecule has 0 aromatic heterocycles. The Kier molecular flexibility index (Phi) is 7.93. The molecule has 0 heterocycles. The summed E-state index contributed by atoms with van der Waals surface area (Å²) in [5.74, 6) is 0.646. The minimum Gasteiger partial charge on any atom is -0.381 e. The van der Waals surface area contributed by atoms with Crippen LogP contribution >= 0.6 is 0 Å². The number of hydrogen-bond acceptors (Lipinski definition) is 4. The van der Waals surface area contributed by atoms with Crippen LogP contribution < -0.4 is 0 Å². The van der Waals surface area contributed by atoms with Gasteiger partial charge < -0.3 is 4.74 Å². The number of unbranched alkanes of at least 4 members (excludes halogenated alkanes) is 1. The lowest BCUT2D eigenvalue weighted by molar-refractivity contribution is 0.117. The molecule has 5 heteroatoms. The van der Waals surface area contributed by atoms with E-state index >= 15 is 0 Å². The number of aryl methyl sites for hydroxylation is 1. The van der Waals surface area contributed by atoms with Crippen LogP contribution in [0, 0.1) is 12.8 Å². The molecule has 0 saturated heterocycles. The molecular weight excluding hydrogens is 288 g/mol. The fourth-order valence-corrected chi connectivity index (χ4v) is 2.61. The van der Waals surface area contributed by atoms with E-state index in [-0.39, 0.29) is 11.5 Å². The first kappa shape index (κ1) is 18.1. The summed E-state index contributed by atoms with van der Waals surface area (Å²) in [6.07, 6.45) is 2.53. The number of benzene rings is 1. The van der Waals surface area contributed by atoms with Crippen LogP contribution in [0.4, 0.5) is 0 Å². The summed E-state index contributed by atoms with van der Waals surface area (Å²) in [5, 5.41) is 0. The van der Waals surface area contributed by atoms with Crippen molar-refractivity contribution in [3.05, 3.63) is 29.8 Å². The van der Waals surface area contributed by atoms with E-state index in [4.69, 9.17) is 8.92 Å². The van der Waals surface area contributed by atoms with Gasteiger partial charge in [0.15, 0.2) is 0 Å². The lowest BCUT2D eigenvalue weighted by atomic mass is 10.1. The third kappa shape index (κ3) is 7.60. The second-order valence-corrected chi connectivity index (χ2v) is 7.21. The quantitative estimate of drug-likeness (QED) is 0.489. The molecule has 0 bridgehead atoms. The van der Waals surface area contributed by atoms with Gasteiger partial charge >= 0.3 is 0 Å². The zero-order valence-corrected chi connectivity index (χ0v) is 14.0. The Bertz CT molecular complexity index is 492. The van der Waals surface area contributed by atoms with Crippen molar-refractivity contribution in [1.29, 1.82) is 0 Å². The first-order chi connectivity index (χ1) is 9.92. The Morgan fingerprint density at radius 3 is 2.24 bits per heavy atom. The third-order valence-electron chi connectivity index (χ3n) is 3.07. The Labute approximate surface area is 128 Å². The normalized spacial score (nSPS) is 12.0. The monoisotopic (exact) mass is 314 g/mol. The van der Waals surface area contributed by atoms with Crippen molar-refractivity contribution in [2.75, 3.05) is 19.8 Å². The van der Waals surface area contributed by atoms with Crippen molar-refractivity contribution in [2.45, 2.75) is 44.9 Å². The van der Waals surface area contributed by atoms with Gasteiger partial charge in [0, 0.05) is 13.2 Å². The molecule has 0 atom stereocenters. The van der Waals surface area contributed by atoms with Crippen LogP contribution in [-0.4, -0.2) is 28.2 Å². The van der Waals surface area contributed by atoms with E-state index in [2.05, 4.69) is 13.8 Å². The van der Waals surface area contributed by atoms with Gasteiger partial charge in [0.25, 0.3) is 10.1 Å². The summed E-state index contributed by atoms with van der Waals surface area (Å²) in [6, 6.07) is 6.66. The predicted octanol–water partition coefficient (Wildman–Crippen LogP) is 3.54. The molecule has 0 fully saturated rings. The van der Waals surface area contributed by atoms with Crippen molar-refractivity contribution in [2.24, 2.45) is 5.92 Å². The van der Waals surface area contributed by atoms with Crippen LogP contribution in [-0.2, 0) is 19.0 Å². The topological polar surface area (TPSA) is 52.6 Å². The molecule has 0 unspecified atom stereocenters. The smallest absolute Gasteiger partial charge is 0.296 e. The minimum absolute atomic E-state index is 0.198. The Hall–Kier alpha value is -0.910. The van der Waals surface area contributed by atoms with E-state index in [9.17, 15) is 8.42 Å². The van der Waals surface area contributed by atoms with Crippen LogP contribution in [0.15, 0.2) is 29.2 Å². The summed E-state index contributed by atoms with van der Waals surface area (Å²) < 4.78 is 34.3. The third-order valence-corrected chi connectivity index (χ3v) is 4.40. The zero-order valence-electron chi connectivity index (χ0n) is 13.2. The lowest BCUT2D eigenvalue weighted by Crippen LogP contribution is -2.08. The standard InChI is InChI=1S/C16H26O4S/c1-14(2)10-13-19-11-4-5-12-20-21(17,18)16-8-6-15(3)7-9-16/h6-9,14H,4-5,10-13H2,1-3H3. The molecule has 1 aromatic carbocycles. The van der Waals surface area contributed by atoms with Gasteiger partial charge in [-0.3, -0.25) is 4.18 Å². The summed E-state index contributed by atoms with van der Waals surface area (Å²) in [5.41, 5.74) is 1.02. The molecule has 0 aliphatic heterocycles. The Balaban J connectivity index is 2.18. The zero-order chi connectivity index (χ0) is 15.7. The van der Waals surface area contributed by atoms with Crippen molar-refractivity contribution >= 4 is 10.1 Å².